The van der Waals surface area contributed by atoms with E-state index in [0.717, 1.165) is 44.3 Å². The zero-order valence-electron chi connectivity index (χ0n) is 9.52. The molecule has 14 heavy (non-hydrogen) atoms. The normalized spacial score (nSPS) is 13.1. The molecule has 1 N–H and O–H groups in total. The molecule has 0 rings (SSSR count). The molecule has 0 amide bonds. The third kappa shape index (κ3) is 8.79. The molecule has 0 aliphatic carbocycles. The van der Waals surface area contributed by atoms with E-state index in [1.807, 2.05) is 0 Å². The van der Waals surface area contributed by atoms with E-state index in [4.69, 9.17) is 16.3 Å². The van der Waals surface area contributed by atoms with Gasteiger partial charge in [0.15, 0.2) is 0 Å². The minimum atomic E-state index is 0.750. The van der Waals surface area contributed by atoms with Crippen LogP contribution in [-0.2, 0) is 4.74 Å². The van der Waals surface area contributed by atoms with Gasteiger partial charge in [-0.25, -0.2) is 0 Å². The number of hydrogen-bond acceptors (Lipinski definition) is 2. The van der Waals surface area contributed by atoms with Gasteiger partial charge in [0.2, 0.25) is 0 Å². The van der Waals surface area contributed by atoms with Gasteiger partial charge >= 0.3 is 0 Å². The summed E-state index contributed by atoms with van der Waals surface area (Å²) in [6.07, 6.45) is 4.76. The highest BCUT2D eigenvalue weighted by Crippen LogP contribution is 2.10. The highest BCUT2D eigenvalue weighted by Gasteiger charge is 2.05. The third-order valence-electron chi connectivity index (χ3n) is 2.35. The van der Waals surface area contributed by atoms with Crippen LogP contribution < -0.4 is 5.32 Å². The Morgan fingerprint density at radius 1 is 1.36 bits per heavy atom. The van der Waals surface area contributed by atoms with Crippen molar-refractivity contribution in [3.8, 4) is 0 Å². The lowest BCUT2D eigenvalue weighted by Gasteiger charge is -2.15. The van der Waals surface area contributed by atoms with Crippen LogP contribution in [0.15, 0.2) is 0 Å². The Bertz CT molecular complexity index is 105. The van der Waals surface area contributed by atoms with Gasteiger partial charge in [0, 0.05) is 19.6 Å². The third-order valence-corrected chi connectivity index (χ3v) is 2.57. The second kappa shape index (κ2) is 11.3. The molecule has 0 aromatic carbocycles. The van der Waals surface area contributed by atoms with E-state index in [1.165, 1.54) is 12.8 Å². The first kappa shape index (κ1) is 14.2. The molecule has 0 radical (unpaired) electrons. The second-order valence-corrected chi connectivity index (χ2v) is 4.06. The fourth-order valence-corrected chi connectivity index (χ4v) is 1.87. The van der Waals surface area contributed by atoms with Crippen LogP contribution in [0.4, 0.5) is 0 Å². The van der Waals surface area contributed by atoms with E-state index in [2.05, 4.69) is 12.2 Å². The maximum Gasteiger partial charge on any atom is 0.0474 e. The Kier molecular flexibility index (Phi) is 11.5. The van der Waals surface area contributed by atoms with Gasteiger partial charge in [-0.15, -0.1) is 11.6 Å². The highest BCUT2D eigenvalue weighted by molar-refractivity contribution is 6.17. The molecule has 86 valence electrons. The van der Waals surface area contributed by atoms with Crippen molar-refractivity contribution < 1.29 is 4.74 Å². The lowest BCUT2D eigenvalue weighted by atomic mass is 10.0. The van der Waals surface area contributed by atoms with Crippen LogP contribution >= 0.6 is 11.6 Å². The van der Waals surface area contributed by atoms with Crippen molar-refractivity contribution in [3.05, 3.63) is 0 Å². The molecule has 0 aliphatic rings. The molecule has 0 aromatic rings. The van der Waals surface area contributed by atoms with Gasteiger partial charge in [-0.2, -0.15) is 0 Å². The number of methoxy groups -OCH3 is 1. The summed E-state index contributed by atoms with van der Waals surface area (Å²) in [5, 5.41) is 3.45. The molecule has 0 saturated heterocycles. The second-order valence-electron chi connectivity index (χ2n) is 3.68. The average Bonchev–Trinajstić information content (AvgIpc) is 2.18. The Morgan fingerprint density at radius 3 is 2.71 bits per heavy atom. The smallest absolute Gasteiger partial charge is 0.0474 e. The molecule has 3 heteroatoms. The fourth-order valence-electron chi connectivity index (χ4n) is 1.56. The molecule has 1 atom stereocenters. The summed E-state index contributed by atoms with van der Waals surface area (Å²) in [6.45, 7) is 5.23. The Balaban J connectivity index is 3.30. The predicted octanol–water partition coefficient (Wildman–Crippen LogP) is 2.66. The minimum absolute atomic E-state index is 0.750. The number of rotatable bonds is 10. The van der Waals surface area contributed by atoms with E-state index in [1.54, 1.807) is 7.11 Å². The SMILES string of the molecule is CCCC(CCCl)CNCCCOC. The molecule has 0 aromatic heterocycles. The largest absolute Gasteiger partial charge is 0.385 e. The molecule has 0 spiro atoms. The monoisotopic (exact) mass is 221 g/mol. The van der Waals surface area contributed by atoms with E-state index < -0.39 is 0 Å². The molecule has 0 saturated carbocycles. The first-order valence-corrected chi connectivity index (χ1v) is 6.14. The number of ether oxygens (including phenoxy) is 1. The van der Waals surface area contributed by atoms with Crippen LogP contribution in [0.1, 0.15) is 32.6 Å². The zero-order chi connectivity index (χ0) is 10.6. The minimum Gasteiger partial charge on any atom is -0.385 e. The predicted molar refractivity (Wildman–Crippen MR) is 63.1 cm³/mol. The fraction of sp³-hybridized carbons (Fsp3) is 1.00. The van der Waals surface area contributed by atoms with Crippen molar-refractivity contribution in [2.45, 2.75) is 32.6 Å². The van der Waals surface area contributed by atoms with Crippen LogP contribution in [0.25, 0.3) is 0 Å². The van der Waals surface area contributed by atoms with Crippen molar-refractivity contribution in [1.82, 2.24) is 5.32 Å². The van der Waals surface area contributed by atoms with Gasteiger partial charge in [-0.3, -0.25) is 0 Å². The van der Waals surface area contributed by atoms with E-state index in [-0.39, 0.29) is 0 Å². The lowest BCUT2D eigenvalue weighted by molar-refractivity contribution is 0.193. The number of alkyl halides is 1. The summed E-state index contributed by atoms with van der Waals surface area (Å²) < 4.78 is 4.98. The van der Waals surface area contributed by atoms with Gasteiger partial charge in [-0.05, 0) is 38.3 Å². The van der Waals surface area contributed by atoms with Gasteiger partial charge in [0.25, 0.3) is 0 Å². The number of nitrogens with one attached hydrogen (secondary N) is 1. The number of halogens is 1. The van der Waals surface area contributed by atoms with Crippen molar-refractivity contribution in [3.63, 3.8) is 0 Å². The van der Waals surface area contributed by atoms with Gasteiger partial charge in [0.05, 0.1) is 0 Å². The van der Waals surface area contributed by atoms with E-state index in [0.29, 0.717) is 0 Å². The summed E-state index contributed by atoms with van der Waals surface area (Å²) in [6, 6.07) is 0. The molecule has 2 nitrogen and oxygen atoms in total. The van der Waals surface area contributed by atoms with Crippen molar-refractivity contribution in [1.29, 1.82) is 0 Å². The summed E-state index contributed by atoms with van der Waals surface area (Å²) in [5.74, 6) is 1.53. The van der Waals surface area contributed by atoms with Crippen molar-refractivity contribution >= 4 is 11.6 Å². The van der Waals surface area contributed by atoms with Crippen LogP contribution in [0.2, 0.25) is 0 Å². The summed E-state index contributed by atoms with van der Waals surface area (Å²) in [7, 11) is 1.74. The first-order chi connectivity index (χ1) is 6.85. The van der Waals surface area contributed by atoms with Gasteiger partial charge in [0.1, 0.15) is 0 Å². The van der Waals surface area contributed by atoms with Gasteiger partial charge in [-0.1, -0.05) is 13.3 Å². The Hall–Kier alpha value is 0.210. The molecule has 1 unspecified atom stereocenters. The summed E-state index contributed by atoms with van der Waals surface area (Å²) in [5.41, 5.74) is 0. The number of hydrogen-bond donors (Lipinski definition) is 1. The topological polar surface area (TPSA) is 21.3 Å². The molecule has 0 bridgehead atoms. The highest BCUT2D eigenvalue weighted by atomic mass is 35.5. The maximum atomic E-state index is 5.75. The van der Waals surface area contributed by atoms with E-state index in [9.17, 15) is 0 Å². The Labute approximate surface area is 93.4 Å². The lowest BCUT2D eigenvalue weighted by Crippen LogP contribution is -2.24. The zero-order valence-corrected chi connectivity index (χ0v) is 10.3. The molecule has 0 fully saturated rings. The summed E-state index contributed by atoms with van der Waals surface area (Å²) >= 11 is 5.75. The molecular formula is C11H24ClNO. The molecular weight excluding hydrogens is 198 g/mol. The molecule has 0 heterocycles. The van der Waals surface area contributed by atoms with E-state index >= 15 is 0 Å². The quantitative estimate of drug-likeness (QED) is 0.453. The summed E-state index contributed by atoms with van der Waals surface area (Å²) in [4.78, 5) is 0. The average molecular weight is 222 g/mol. The van der Waals surface area contributed by atoms with Crippen LogP contribution in [-0.4, -0.2) is 32.7 Å². The van der Waals surface area contributed by atoms with Crippen LogP contribution in [0.5, 0.6) is 0 Å². The standard InChI is InChI=1S/C11H24ClNO/c1-3-5-11(6-7-12)10-13-8-4-9-14-2/h11,13H,3-10H2,1-2H3. The Morgan fingerprint density at radius 2 is 2.14 bits per heavy atom. The maximum absolute atomic E-state index is 5.75. The van der Waals surface area contributed by atoms with Crippen molar-refractivity contribution in [2.24, 2.45) is 5.92 Å². The molecule has 0 aliphatic heterocycles. The first-order valence-electron chi connectivity index (χ1n) is 5.60. The van der Waals surface area contributed by atoms with Gasteiger partial charge < -0.3 is 10.1 Å². The van der Waals surface area contributed by atoms with Crippen LogP contribution in [0, 0.1) is 5.92 Å². The van der Waals surface area contributed by atoms with Crippen LogP contribution in [0.3, 0.4) is 0 Å². The van der Waals surface area contributed by atoms with Crippen molar-refractivity contribution in [2.75, 3.05) is 32.7 Å².